The normalized spacial score (nSPS) is 27.3. The molecule has 1 heterocycles. The van der Waals surface area contributed by atoms with E-state index in [4.69, 9.17) is 17.1 Å². The lowest BCUT2D eigenvalue weighted by Crippen LogP contribution is -2.38. The fraction of sp³-hybridized carbons (Fsp3) is 0.533. The van der Waals surface area contributed by atoms with Crippen molar-refractivity contribution in [1.29, 1.82) is 0 Å². The summed E-state index contributed by atoms with van der Waals surface area (Å²) in [6.07, 6.45) is 3.23. The molecule has 1 aromatic rings. The van der Waals surface area contributed by atoms with Gasteiger partial charge in [0.15, 0.2) is 11.6 Å². The van der Waals surface area contributed by atoms with Gasteiger partial charge in [-0.1, -0.05) is 16.7 Å². The van der Waals surface area contributed by atoms with Crippen molar-refractivity contribution in [2.75, 3.05) is 11.4 Å². The van der Waals surface area contributed by atoms with Crippen LogP contribution in [0.15, 0.2) is 17.2 Å². The molecule has 0 N–H and O–H groups in total. The minimum absolute atomic E-state index is 0.0251. The van der Waals surface area contributed by atoms with Gasteiger partial charge in [0.1, 0.15) is 0 Å². The molecule has 1 aromatic carbocycles. The van der Waals surface area contributed by atoms with Crippen LogP contribution in [-0.2, 0) is 4.79 Å². The van der Waals surface area contributed by atoms with Crippen molar-refractivity contribution < 1.29 is 13.6 Å². The fourth-order valence-corrected chi connectivity index (χ4v) is 3.83. The van der Waals surface area contributed by atoms with E-state index in [1.54, 1.807) is 0 Å². The summed E-state index contributed by atoms with van der Waals surface area (Å²) in [4.78, 5) is 17.1. The van der Waals surface area contributed by atoms with E-state index in [2.05, 4.69) is 10.0 Å². The van der Waals surface area contributed by atoms with E-state index in [1.165, 1.54) is 4.90 Å². The molecule has 8 heteroatoms. The third kappa shape index (κ3) is 2.75. The third-order valence-electron chi connectivity index (χ3n) is 4.92. The predicted molar refractivity (Wildman–Crippen MR) is 82.2 cm³/mol. The van der Waals surface area contributed by atoms with E-state index >= 15 is 0 Å². The molecule has 2 aliphatic rings. The number of nitrogens with zero attached hydrogens (tertiary/aromatic N) is 4. The average Bonchev–Trinajstić information content (AvgIpc) is 2.83. The molecule has 2 fully saturated rings. The number of carbonyl (C=O) groups is 1. The maximum absolute atomic E-state index is 13.5. The molecule has 0 unspecified atom stereocenters. The molecule has 1 aliphatic carbocycles. The second-order valence-electron chi connectivity index (χ2n) is 6.14. The zero-order valence-electron chi connectivity index (χ0n) is 12.3. The van der Waals surface area contributed by atoms with E-state index in [9.17, 15) is 13.6 Å². The van der Waals surface area contributed by atoms with Gasteiger partial charge in [0.25, 0.3) is 0 Å². The molecule has 0 radical (unpaired) electrons. The van der Waals surface area contributed by atoms with Crippen molar-refractivity contribution in [3.63, 3.8) is 0 Å². The van der Waals surface area contributed by atoms with Gasteiger partial charge in [0.2, 0.25) is 5.91 Å². The Labute approximate surface area is 136 Å². The van der Waals surface area contributed by atoms with Crippen LogP contribution in [0.4, 0.5) is 14.5 Å². The summed E-state index contributed by atoms with van der Waals surface area (Å²) in [5.41, 5.74) is 8.21. The number of carbonyl (C=O) groups excluding carboxylic acids is 1. The number of benzene rings is 1. The molecule has 1 aliphatic heterocycles. The lowest BCUT2D eigenvalue weighted by atomic mass is 9.71. The smallest absolute Gasteiger partial charge is 0.233 e. The van der Waals surface area contributed by atoms with Crippen molar-refractivity contribution in [3.05, 3.63) is 39.2 Å². The first kappa shape index (κ1) is 16.0. The topological polar surface area (TPSA) is 69.1 Å². The van der Waals surface area contributed by atoms with Gasteiger partial charge < -0.3 is 4.90 Å². The zero-order valence-corrected chi connectivity index (χ0v) is 13.1. The second-order valence-corrected chi connectivity index (χ2v) is 6.55. The first-order chi connectivity index (χ1) is 11.0. The Kier molecular flexibility index (Phi) is 4.17. The molecular formula is C15H15ClF2N4O. The number of anilines is 1. The van der Waals surface area contributed by atoms with Crippen molar-refractivity contribution in [1.82, 2.24) is 0 Å². The maximum Gasteiger partial charge on any atom is 0.233 e. The second kappa shape index (κ2) is 5.98. The molecule has 0 atom stereocenters. The Bertz CT molecular complexity index is 697. The number of halogens is 3. The van der Waals surface area contributed by atoms with Crippen LogP contribution < -0.4 is 4.90 Å². The Hall–Kier alpha value is -1.85. The van der Waals surface area contributed by atoms with E-state index in [0.29, 0.717) is 38.6 Å². The van der Waals surface area contributed by atoms with Crippen molar-refractivity contribution in [3.8, 4) is 0 Å². The van der Waals surface area contributed by atoms with E-state index in [1.807, 2.05) is 0 Å². The van der Waals surface area contributed by atoms with Gasteiger partial charge >= 0.3 is 0 Å². The monoisotopic (exact) mass is 340 g/mol. The summed E-state index contributed by atoms with van der Waals surface area (Å²) in [7, 11) is 0. The number of hydrogen-bond donors (Lipinski definition) is 0. The highest BCUT2D eigenvalue weighted by Gasteiger charge is 2.49. The lowest BCUT2D eigenvalue weighted by molar-refractivity contribution is -0.127. The van der Waals surface area contributed by atoms with Crippen LogP contribution >= 0.6 is 11.6 Å². The van der Waals surface area contributed by atoms with Crippen molar-refractivity contribution >= 4 is 23.2 Å². The quantitative estimate of drug-likeness (QED) is 0.336. The molecule has 0 bridgehead atoms. The Morgan fingerprint density at radius 1 is 1.26 bits per heavy atom. The van der Waals surface area contributed by atoms with Crippen LogP contribution in [0, 0.1) is 17.0 Å². The molecule has 1 saturated carbocycles. The van der Waals surface area contributed by atoms with E-state index in [0.717, 1.165) is 12.1 Å². The largest absolute Gasteiger partial charge is 0.310 e. The Balaban J connectivity index is 1.83. The van der Waals surface area contributed by atoms with Gasteiger partial charge in [-0.3, -0.25) is 4.79 Å². The maximum atomic E-state index is 13.5. The van der Waals surface area contributed by atoms with E-state index < -0.39 is 17.0 Å². The highest BCUT2D eigenvalue weighted by atomic mass is 35.5. The molecular weight excluding hydrogens is 326 g/mol. The zero-order chi connectivity index (χ0) is 16.6. The molecule has 1 amide bonds. The summed E-state index contributed by atoms with van der Waals surface area (Å²) in [5, 5.41) is 3.74. The van der Waals surface area contributed by atoms with Crippen LogP contribution in [-0.4, -0.2) is 18.5 Å². The standard InChI is InChI=1S/C15H15ClF2N4O/c16-10-7-11(17)12(18)8-13(10)22-6-5-15(14(22)23)3-1-9(2-4-15)20-21-19/h7-9H,1-6H2. The molecule has 23 heavy (non-hydrogen) atoms. The average molecular weight is 341 g/mol. The Morgan fingerprint density at radius 3 is 2.57 bits per heavy atom. The van der Waals surface area contributed by atoms with Gasteiger partial charge in [0, 0.05) is 23.6 Å². The van der Waals surface area contributed by atoms with E-state index in [-0.39, 0.29) is 22.7 Å². The number of rotatable bonds is 2. The minimum Gasteiger partial charge on any atom is -0.310 e. The Morgan fingerprint density at radius 2 is 1.91 bits per heavy atom. The molecule has 0 aromatic heterocycles. The van der Waals surface area contributed by atoms with Gasteiger partial charge in [-0.05, 0) is 43.7 Å². The van der Waals surface area contributed by atoms with Crippen LogP contribution in [0.25, 0.3) is 10.4 Å². The highest BCUT2D eigenvalue weighted by molar-refractivity contribution is 6.34. The van der Waals surface area contributed by atoms with Gasteiger partial charge in [-0.15, -0.1) is 0 Å². The summed E-state index contributed by atoms with van der Waals surface area (Å²) >= 11 is 5.98. The molecule has 122 valence electrons. The van der Waals surface area contributed by atoms with Gasteiger partial charge in [-0.2, -0.15) is 0 Å². The predicted octanol–water partition coefficient (Wildman–Crippen LogP) is 4.59. The molecule has 1 saturated heterocycles. The van der Waals surface area contributed by atoms with Crippen molar-refractivity contribution in [2.45, 2.75) is 38.1 Å². The first-order valence-electron chi connectivity index (χ1n) is 7.47. The molecule has 3 rings (SSSR count). The first-order valence-corrected chi connectivity index (χ1v) is 7.85. The molecule has 5 nitrogen and oxygen atoms in total. The summed E-state index contributed by atoms with van der Waals surface area (Å²) in [6, 6.07) is 1.79. The number of amides is 1. The van der Waals surface area contributed by atoms with Crippen LogP contribution in [0.3, 0.4) is 0 Å². The summed E-state index contributed by atoms with van der Waals surface area (Å²) in [6.45, 7) is 0.426. The fourth-order valence-electron chi connectivity index (χ4n) is 3.58. The molecule has 1 spiro atoms. The van der Waals surface area contributed by atoms with Crippen LogP contribution in [0.5, 0.6) is 0 Å². The third-order valence-corrected chi connectivity index (χ3v) is 5.22. The summed E-state index contributed by atoms with van der Waals surface area (Å²) < 4.78 is 26.7. The SMILES string of the molecule is [N-]=[N+]=NC1CCC2(CC1)CCN(c1cc(F)c(F)cc1Cl)C2=O. The number of hydrogen-bond acceptors (Lipinski definition) is 2. The van der Waals surface area contributed by atoms with Crippen LogP contribution in [0.2, 0.25) is 5.02 Å². The van der Waals surface area contributed by atoms with Crippen LogP contribution in [0.1, 0.15) is 32.1 Å². The van der Waals surface area contributed by atoms with Gasteiger partial charge in [-0.25, -0.2) is 8.78 Å². The van der Waals surface area contributed by atoms with Gasteiger partial charge in [0.05, 0.1) is 16.1 Å². The highest BCUT2D eigenvalue weighted by Crippen LogP contribution is 2.47. The summed E-state index contributed by atoms with van der Waals surface area (Å²) in [5.74, 6) is -2.16. The van der Waals surface area contributed by atoms with Crippen molar-refractivity contribution in [2.24, 2.45) is 10.5 Å². The minimum atomic E-state index is -1.03. The number of azide groups is 1. The lowest BCUT2D eigenvalue weighted by Gasteiger charge is -2.34.